The Balaban J connectivity index is 1.43. The Hall–Kier alpha value is -6.97. The molecule has 0 bridgehead atoms. The lowest BCUT2D eigenvalue weighted by atomic mass is 9.90. The fraction of sp³-hybridized carbons (Fsp3) is 0.370. The number of nitrogens with one attached hydrogen (secondary N) is 3. The minimum Gasteiger partial charge on any atom is -0.493 e. The van der Waals surface area contributed by atoms with E-state index in [4.69, 9.17) is 23.5 Å². The minimum atomic E-state index is -1.40. The number of hydroxylamine groups is 2. The Morgan fingerprint density at radius 3 is 2.08 bits per heavy atom. The quantitative estimate of drug-likeness (QED) is 0.0229. The second-order valence-corrected chi connectivity index (χ2v) is 14.1. The highest BCUT2D eigenvalue weighted by Crippen LogP contribution is 2.29. The van der Waals surface area contributed by atoms with Gasteiger partial charge in [0.2, 0.25) is 12.3 Å². The van der Waals surface area contributed by atoms with E-state index in [1.807, 2.05) is 19.1 Å². The molecule has 0 spiro atoms. The summed E-state index contributed by atoms with van der Waals surface area (Å²) in [4.78, 5) is 94.8. The second kappa shape index (κ2) is 25.0. The predicted molar refractivity (Wildman–Crippen MR) is 226 cm³/mol. The highest BCUT2D eigenvalue weighted by molar-refractivity contribution is 6.00. The number of carbonyl (C=O) groups excluding carboxylic acids is 7. The van der Waals surface area contributed by atoms with Gasteiger partial charge in [-0.2, -0.15) is 5.06 Å². The molecule has 62 heavy (non-hydrogen) atoms. The SMILES string of the molecule is CCCCCC(C(=O)NCNC(=O)c1ccc(-c2ccc(C(=O)NC(CC(=O)OCc3ccccc3)C(=O)OCc3ccccc3)c(OCC)c2)o1)[C@@H](CC)N(C=O)OC(C)=O. The summed E-state index contributed by atoms with van der Waals surface area (Å²) in [6, 6.07) is 23.4. The average molecular weight is 855 g/mol. The highest BCUT2D eigenvalue weighted by Gasteiger charge is 2.33. The van der Waals surface area contributed by atoms with Gasteiger partial charge in [0.15, 0.2) is 5.76 Å². The van der Waals surface area contributed by atoms with E-state index in [1.54, 1.807) is 74.5 Å². The fourth-order valence-electron chi connectivity index (χ4n) is 6.48. The Morgan fingerprint density at radius 1 is 0.790 bits per heavy atom. The second-order valence-electron chi connectivity index (χ2n) is 14.1. The van der Waals surface area contributed by atoms with Crippen LogP contribution < -0.4 is 20.7 Å². The van der Waals surface area contributed by atoms with Gasteiger partial charge in [0.05, 0.1) is 37.2 Å². The first kappa shape index (κ1) is 47.7. The molecular weight excluding hydrogens is 801 g/mol. The van der Waals surface area contributed by atoms with Crippen LogP contribution in [0.1, 0.15) is 98.3 Å². The number of nitrogens with zero attached hydrogens (tertiary/aromatic N) is 1. The minimum absolute atomic E-state index is 0.0241. The lowest BCUT2D eigenvalue weighted by molar-refractivity contribution is -0.202. The molecule has 3 N–H and O–H groups in total. The largest absolute Gasteiger partial charge is 0.493 e. The van der Waals surface area contributed by atoms with E-state index in [0.717, 1.165) is 23.5 Å². The molecule has 4 amide bonds. The molecule has 2 unspecified atom stereocenters. The van der Waals surface area contributed by atoms with Crippen LogP contribution >= 0.6 is 0 Å². The first-order valence-electron chi connectivity index (χ1n) is 20.5. The summed E-state index contributed by atoms with van der Waals surface area (Å²) < 4.78 is 22.5. The van der Waals surface area contributed by atoms with E-state index in [2.05, 4.69) is 16.0 Å². The molecule has 4 rings (SSSR count). The Kier molecular flexibility index (Phi) is 19.2. The molecule has 0 saturated heterocycles. The van der Waals surface area contributed by atoms with Crippen molar-refractivity contribution in [3.05, 3.63) is 113 Å². The van der Waals surface area contributed by atoms with Crippen LogP contribution in [-0.2, 0) is 51.5 Å². The number of furan rings is 1. The topological polar surface area (TPSA) is 209 Å². The lowest BCUT2D eigenvalue weighted by Gasteiger charge is -2.31. The van der Waals surface area contributed by atoms with Gasteiger partial charge in [0.1, 0.15) is 30.8 Å². The van der Waals surface area contributed by atoms with Crippen molar-refractivity contribution in [3.8, 4) is 17.1 Å². The molecule has 16 heteroatoms. The normalized spacial score (nSPS) is 12.1. The first-order valence-corrected chi connectivity index (χ1v) is 20.5. The third-order valence-electron chi connectivity index (χ3n) is 9.58. The zero-order chi connectivity index (χ0) is 44.9. The van der Waals surface area contributed by atoms with Crippen LogP contribution in [0.15, 0.2) is 95.4 Å². The number of hydrogen-bond donors (Lipinski definition) is 3. The van der Waals surface area contributed by atoms with Crippen LogP contribution in [0.4, 0.5) is 0 Å². The number of amides is 4. The van der Waals surface area contributed by atoms with E-state index in [9.17, 15) is 33.6 Å². The Morgan fingerprint density at radius 2 is 1.47 bits per heavy atom. The summed E-state index contributed by atoms with van der Waals surface area (Å²) in [5, 5.41) is 8.76. The molecular formula is C46H54N4O12. The van der Waals surface area contributed by atoms with Crippen LogP contribution in [0.2, 0.25) is 0 Å². The molecule has 0 fully saturated rings. The van der Waals surface area contributed by atoms with Gasteiger partial charge in [-0.3, -0.25) is 28.8 Å². The van der Waals surface area contributed by atoms with Gasteiger partial charge in [-0.1, -0.05) is 99.8 Å². The predicted octanol–water partition coefficient (Wildman–Crippen LogP) is 6.04. The van der Waals surface area contributed by atoms with Gasteiger partial charge in [0, 0.05) is 12.5 Å². The third-order valence-corrected chi connectivity index (χ3v) is 9.58. The van der Waals surface area contributed by atoms with Crippen molar-refractivity contribution in [1.29, 1.82) is 0 Å². The van der Waals surface area contributed by atoms with Crippen molar-refractivity contribution in [2.24, 2.45) is 5.92 Å². The van der Waals surface area contributed by atoms with Gasteiger partial charge < -0.3 is 39.4 Å². The van der Waals surface area contributed by atoms with E-state index < -0.39 is 60.1 Å². The van der Waals surface area contributed by atoms with Gasteiger partial charge in [-0.05, 0) is 55.2 Å². The number of unbranched alkanes of at least 4 members (excludes halogenated alkanes) is 2. The Labute approximate surface area is 360 Å². The van der Waals surface area contributed by atoms with Gasteiger partial charge >= 0.3 is 17.9 Å². The van der Waals surface area contributed by atoms with Gasteiger partial charge in [-0.25, -0.2) is 4.79 Å². The molecule has 3 aromatic carbocycles. The molecule has 3 atom stereocenters. The molecule has 16 nitrogen and oxygen atoms in total. The number of benzene rings is 3. The van der Waals surface area contributed by atoms with E-state index in [-0.39, 0.29) is 49.3 Å². The number of esters is 2. The smallest absolute Gasteiger partial charge is 0.329 e. The fourth-order valence-corrected chi connectivity index (χ4v) is 6.48. The van der Waals surface area contributed by atoms with E-state index in [1.165, 1.54) is 25.1 Å². The molecule has 4 aromatic rings. The molecule has 0 radical (unpaired) electrons. The van der Waals surface area contributed by atoms with E-state index in [0.29, 0.717) is 36.8 Å². The zero-order valence-electron chi connectivity index (χ0n) is 35.4. The zero-order valence-corrected chi connectivity index (χ0v) is 35.4. The van der Waals surface area contributed by atoms with Crippen LogP contribution in [-0.4, -0.2) is 72.5 Å². The van der Waals surface area contributed by atoms with Crippen molar-refractivity contribution in [1.82, 2.24) is 21.0 Å². The lowest BCUT2D eigenvalue weighted by Crippen LogP contribution is -2.48. The van der Waals surface area contributed by atoms with Crippen LogP contribution in [0, 0.1) is 5.92 Å². The average Bonchev–Trinajstić information content (AvgIpc) is 3.78. The van der Waals surface area contributed by atoms with Crippen molar-refractivity contribution >= 4 is 42.0 Å². The highest BCUT2D eigenvalue weighted by atomic mass is 16.7. The Bertz CT molecular complexity index is 2110. The van der Waals surface area contributed by atoms with Gasteiger partial charge in [0.25, 0.3) is 11.8 Å². The van der Waals surface area contributed by atoms with Crippen LogP contribution in [0.3, 0.4) is 0 Å². The van der Waals surface area contributed by atoms with Crippen molar-refractivity contribution < 1.29 is 57.0 Å². The molecule has 0 aliphatic heterocycles. The number of hydrogen-bond acceptors (Lipinski definition) is 12. The maximum absolute atomic E-state index is 13.7. The molecule has 1 aromatic heterocycles. The van der Waals surface area contributed by atoms with Crippen molar-refractivity contribution in [2.45, 2.75) is 91.5 Å². The van der Waals surface area contributed by atoms with Crippen LogP contribution in [0.25, 0.3) is 11.3 Å². The summed E-state index contributed by atoms with van der Waals surface area (Å²) in [5.41, 5.74) is 1.97. The maximum Gasteiger partial charge on any atom is 0.329 e. The van der Waals surface area contributed by atoms with E-state index >= 15 is 0 Å². The first-order chi connectivity index (χ1) is 30.0. The third kappa shape index (κ3) is 14.6. The number of rotatable bonds is 25. The summed E-state index contributed by atoms with van der Waals surface area (Å²) in [6.07, 6.45) is 3.11. The van der Waals surface area contributed by atoms with Crippen LogP contribution in [0.5, 0.6) is 5.75 Å². The molecule has 0 aliphatic carbocycles. The number of ether oxygens (including phenoxy) is 3. The molecule has 0 saturated carbocycles. The monoisotopic (exact) mass is 854 g/mol. The van der Waals surface area contributed by atoms with Crippen molar-refractivity contribution in [3.63, 3.8) is 0 Å². The molecule has 0 aliphatic rings. The summed E-state index contributed by atoms with van der Waals surface area (Å²) >= 11 is 0. The molecule has 330 valence electrons. The standard InChI is InChI=1S/C46H54N4O12/c1-5-8-11-20-35(38(6-2)50(30-51)62-31(4)52)43(54)47-29-48-45(56)40-24-23-39(61-40)34-21-22-36(41(25-34)58-7-3)44(55)49-37(46(57)60-28-33-18-14-10-15-19-33)26-42(53)59-27-32-16-12-9-13-17-32/h9-10,12-19,21-25,30,35,37-38H,5-8,11,20,26-29H2,1-4H3,(H,47,54)(H,48,56)(H,49,55)/t35?,37?,38-/m1/s1. The molecule has 1 heterocycles. The summed E-state index contributed by atoms with van der Waals surface area (Å²) in [5.74, 6) is -4.43. The number of carbonyl (C=O) groups is 7. The van der Waals surface area contributed by atoms with Gasteiger partial charge in [-0.15, -0.1) is 0 Å². The maximum atomic E-state index is 13.7. The summed E-state index contributed by atoms with van der Waals surface area (Å²) in [6.45, 7) is 6.50. The van der Waals surface area contributed by atoms with Crippen molar-refractivity contribution in [2.75, 3.05) is 13.3 Å². The summed E-state index contributed by atoms with van der Waals surface area (Å²) in [7, 11) is 0.